The number of carboxylic acid groups (broad SMARTS) is 2. The van der Waals surface area contributed by atoms with Gasteiger partial charge >= 0.3 is 0 Å². The number of aliphatic carboxylic acids is 2. The Kier molecular flexibility index (Phi) is 2.33. The zero-order valence-corrected chi connectivity index (χ0v) is 3.79. The summed E-state index contributed by atoms with van der Waals surface area (Å²) in [5.41, 5.74) is 0. The van der Waals surface area contributed by atoms with Crippen molar-refractivity contribution < 1.29 is 19.8 Å². The second kappa shape index (κ2) is 2.79. The molecule has 0 unspecified atom stereocenters. The number of rotatable bonds is 2. The van der Waals surface area contributed by atoms with Gasteiger partial charge in [0.1, 0.15) is 0 Å². The third-order valence-electron chi connectivity index (χ3n) is 0.355. The van der Waals surface area contributed by atoms with Crippen molar-refractivity contribution in [2.75, 3.05) is 0 Å². The minimum Gasteiger partial charge on any atom is -0.545 e. The third-order valence-corrected chi connectivity index (χ3v) is 0.355. The van der Waals surface area contributed by atoms with Crippen LogP contribution in [0.4, 0.5) is 0 Å². The van der Waals surface area contributed by atoms with Crippen molar-refractivity contribution in [2.45, 2.75) is 0 Å². The molecular formula is C4H2O4-2. The van der Waals surface area contributed by atoms with Crippen LogP contribution < -0.4 is 10.2 Å². The Hall–Kier alpha value is -1.32. The molecule has 0 spiro atoms. The Balaban J connectivity index is 3.67. The normalized spacial score (nSPS) is 9.50. The van der Waals surface area contributed by atoms with Gasteiger partial charge in [-0.3, -0.25) is 0 Å². The summed E-state index contributed by atoms with van der Waals surface area (Å²) < 4.78 is 0. The van der Waals surface area contributed by atoms with Crippen LogP contribution in [0.15, 0.2) is 12.2 Å². The molecule has 0 aliphatic heterocycles. The van der Waals surface area contributed by atoms with Crippen LogP contribution in [0.3, 0.4) is 0 Å². The predicted molar refractivity (Wildman–Crippen MR) is 19.2 cm³/mol. The van der Waals surface area contributed by atoms with E-state index in [0.717, 1.165) is 0 Å². The summed E-state index contributed by atoms with van der Waals surface area (Å²) in [6.45, 7) is 0. The molecular weight excluding hydrogens is 114 g/mol. The number of carbonyl (C=O) groups excluding carboxylic acids is 2. The van der Waals surface area contributed by atoms with Gasteiger partial charge in [0, 0.05) is 0 Å². The van der Waals surface area contributed by atoms with Crippen LogP contribution in [0.1, 0.15) is 0 Å². The molecule has 0 bridgehead atoms. The van der Waals surface area contributed by atoms with Gasteiger partial charge in [-0.05, 0) is 12.2 Å². The van der Waals surface area contributed by atoms with E-state index in [0.29, 0.717) is 12.2 Å². The molecule has 0 amide bonds. The summed E-state index contributed by atoms with van der Waals surface area (Å²) in [5, 5.41) is 18.8. The molecule has 44 valence electrons. The second-order valence-electron chi connectivity index (χ2n) is 0.971. The maximum atomic E-state index is 9.41. The largest absolute Gasteiger partial charge is 0.545 e. The van der Waals surface area contributed by atoms with E-state index in [2.05, 4.69) is 0 Å². The first-order valence-corrected chi connectivity index (χ1v) is 1.73. The fraction of sp³-hybridized carbons (Fsp3) is 0. The SMILES string of the molecule is O=[13C]([O-])/C=C/[13C](=O)[O-]. The quantitative estimate of drug-likeness (QED) is 0.285. The minimum absolute atomic E-state index is 0.384. The van der Waals surface area contributed by atoms with Crippen LogP contribution >= 0.6 is 0 Å². The zero-order valence-electron chi connectivity index (χ0n) is 3.79. The van der Waals surface area contributed by atoms with Crippen molar-refractivity contribution in [3.05, 3.63) is 12.2 Å². The molecule has 4 heteroatoms. The number of carbonyl (C=O) groups is 2. The Bertz CT molecular complexity index is 119. The fourth-order valence-corrected chi connectivity index (χ4v) is 0.136. The molecule has 0 aromatic heterocycles. The second-order valence-corrected chi connectivity index (χ2v) is 0.971. The molecule has 0 atom stereocenters. The predicted octanol–water partition coefficient (Wildman–Crippen LogP) is -2.96. The summed E-state index contributed by atoms with van der Waals surface area (Å²) in [5.74, 6) is -3.09. The van der Waals surface area contributed by atoms with Gasteiger partial charge in [-0.2, -0.15) is 0 Å². The highest BCUT2D eigenvalue weighted by molar-refractivity contribution is 5.87. The van der Waals surface area contributed by atoms with Crippen LogP contribution in [0.5, 0.6) is 0 Å². The molecule has 0 aliphatic rings. The average Bonchev–Trinajstić information content (AvgIpc) is 1.61. The van der Waals surface area contributed by atoms with E-state index in [1.165, 1.54) is 0 Å². The summed E-state index contributed by atoms with van der Waals surface area (Å²) in [7, 11) is 0. The van der Waals surface area contributed by atoms with Crippen LogP contribution in [0.25, 0.3) is 0 Å². The van der Waals surface area contributed by atoms with Crippen LogP contribution in [0, 0.1) is 0 Å². The first kappa shape index (κ1) is 6.68. The standard InChI is InChI=1S/C4H4O4/c5-3(6)1-2-4(7)8/h1-2H,(H,5,6)(H,7,8)/p-2/b2-1+/i3+1,4+1. The molecule has 0 fully saturated rings. The van der Waals surface area contributed by atoms with Gasteiger partial charge in [-0.15, -0.1) is 0 Å². The number of hydrogen-bond donors (Lipinski definition) is 0. The molecule has 0 saturated carbocycles. The average molecular weight is 116 g/mol. The number of carboxylic acids is 2. The summed E-state index contributed by atoms with van der Waals surface area (Å²) in [6, 6.07) is 0. The third kappa shape index (κ3) is 4.68. The summed E-state index contributed by atoms with van der Waals surface area (Å²) in [6.07, 6.45) is 0.769. The number of hydrogen-bond acceptors (Lipinski definition) is 4. The highest BCUT2D eigenvalue weighted by Gasteiger charge is 1.70. The van der Waals surface area contributed by atoms with E-state index in [4.69, 9.17) is 0 Å². The van der Waals surface area contributed by atoms with Gasteiger partial charge in [0.15, 0.2) is 0 Å². The van der Waals surface area contributed by atoms with E-state index < -0.39 is 11.9 Å². The van der Waals surface area contributed by atoms with Crippen molar-refractivity contribution in [3.8, 4) is 0 Å². The smallest absolute Gasteiger partial charge is 0.0643 e. The molecule has 0 saturated heterocycles. The van der Waals surface area contributed by atoms with Crippen molar-refractivity contribution >= 4 is 11.9 Å². The molecule has 0 N–H and O–H groups in total. The monoisotopic (exact) mass is 116 g/mol. The first-order valence-electron chi connectivity index (χ1n) is 1.73. The van der Waals surface area contributed by atoms with Crippen molar-refractivity contribution in [3.63, 3.8) is 0 Å². The van der Waals surface area contributed by atoms with Gasteiger partial charge in [0.05, 0.1) is 11.9 Å². The Morgan fingerprint density at radius 1 is 1.00 bits per heavy atom. The molecule has 0 radical (unpaired) electrons. The molecule has 0 aromatic carbocycles. The van der Waals surface area contributed by atoms with E-state index in [-0.39, 0.29) is 0 Å². The van der Waals surface area contributed by atoms with E-state index in [9.17, 15) is 19.8 Å². The first-order chi connectivity index (χ1) is 3.63. The van der Waals surface area contributed by atoms with E-state index >= 15 is 0 Å². The van der Waals surface area contributed by atoms with Gasteiger partial charge in [0.25, 0.3) is 0 Å². The fourth-order valence-electron chi connectivity index (χ4n) is 0.136. The van der Waals surface area contributed by atoms with Gasteiger partial charge in [-0.25, -0.2) is 0 Å². The van der Waals surface area contributed by atoms with Gasteiger partial charge < -0.3 is 19.8 Å². The molecule has 0 aromatic rings. The van der Waals surface area contributed by atoms with Crippen LogP contribution in [-0.2, 0) is 9.59 Å². The summed E-state index contributed by atoms with van der Waals surface area (Å²) >= 11 is 0. The van der Waals surface area contributed by atoms with Crippen molar-refractivity contribution in [2.24, 2.45) is 0 Å². The van der Waals surface area contributed by atoms with E-state index in [1.807, 2.05) is 0 Å². The zero-order chi connectivity index (χ0) is 6.57. The lowest BCUT2D eigenvalue weighted by Gasteiger charge is -1.90. The molecule has 8 heavy (non-hydrogen) atoms. The Morgan fingerprint density at radius 3 is 1.38 bits per heavy atom. The van der Waals surface area contributed by atoms with Crippen LogP contribution in [-0.4, -0.2) is 11.9 Å². The van der Waals surface area contributed by atoms with Crippen LogP contribution in [0.2, 0.25) is 0 Å². The molecule has 0 aliphatic carbocycles. The molecule has 0 heterocycles. The molecule has 4 nitrogen and oxygen atoms in total. The van der Waals surface area contributed by atoms with Crippen molar-refractivity contribution in [1.29, 1.82) is 0 Å². The Labute approximate surface area is 45.1 Å². The minimum atomic E-state index is -1.55. The van der Waals surface area contributed by atoms with Gasteiger partial charge in [-0.1, -0.05) is 0 Å². The maximum Gasteiger partial charge on any atom is 0.0643 e. The topological polar surface area (TPSA) is 80.3 Å². The lowest BCUT2D eigenvalue weighted by molar-refractivity contribution is -0.301. The van der Waals surface area contributed by atoms with Gasteiger partial charge in [0.2, 0.25) is 0 Å². The maximum absolute atomic E-state index is 9.41. The summed E-state index contributed by atoms with van der Waals surface area (Å²) in [4.78, 5) is 18.8. The lowest BCUT2D eigenvalue weighted by Crippen LogP contribution is -2.23. The highest BCUT2D eigenvalue weighted by atomic mass is 16.5. The molecule has 0 rings (SSSR count). The van der Waals surface area contributed by atoms with E-state index in [1.54, 1.807) is 0 Å². The lowest BCUT2D eigenvalue weighted by atomic mass is 10.8. The van der Waals surface area contributed by atoms with Crippen molar-refractivity contribution in [1.82, 2.24) is 0 Å². The Morgan fingerprint density at radius 2 is 1.25 bits per heavy atom. The highest BCUT2D eigenvalue weighted by Crippen LogP contribution is 1.64.